The van der Waals surface area contributed by atoms with Crippen LogP contribution in [0, 0.1) is 20.2 Å². The number of anilines is 1. The SMILES string of the molecule is CN(CCCC(=O)O)c1ccc([N+](=O)[O-])cc1[N+](=O)[O-]. The Kier molecular flexibility index (Phi) is 4.95. The van der Waals surface area contributed by atoms with Gasteiger partial charge in [0.15, 0.2) is 0 Å². The van der Waals surface area contributed by atoms with Crippen molar-refractivity contribution in [3.8, 4) is 0 Å². The zero-order valence-corrected chi connectivity index (χ0v) is 10.7. The molecule has 108 valence electrons. The van der Waals surface area contributed by atoms with Gasteiger partial charge in [0.25, 0.3) is 11.4 Å². The second-order valence-electron chi connectivity index (χ2n) is 4.11. The normalized spacial score (nSPS) is 10.1. The maximum Gasteiger partial charge on any atom is 0.303 e. The summed E-state index contributed by atoms with van der Waals surface area (Å²) in [5, 5.41) is 30.1. The number of nitro benzene ring substituents is 2. The van der Waals surface area contributed by atoms with Crippen LogP contribution >= 0.6 is 0 Å². The standard InChI is InChI=1S/C11H13N3O6/c1-12(6-2-3-11(15)16)9-5-4-8(13(17)18)7-10(9)14(19)20/h4-5,7H,2-3,6H2,1H3,(H,15,16). The van der Waals surface area contributed by atoms with Gasteiger partial charge in [0.2, 0.25) is 0 Å². The summed E-state index contributed by atoms with van der Waals surface area (Å²) in [6.07, 6.45) is 0.269. The minimum atomic E-state index is -0.948. The van der Waals surface area contributed by atoms with Crippen molar-refractivity contribution in [2.24, 2.45) is 0 Å². The van der Waals surface area contributed by atoms with Crippen LogP contribution in [0.5, 0.6) is 0 Å². The van der Waals surface area contributed by atoms with Crippen molar-refractivity contribution in [3.05, 3.63) is 38.4 Å². The largest absolute Gasteiger partial charge is 0.481 e. The van der Waals surface area contributed by atoms with E-state index < -0.39 is 15.8 Å². The summed E-state index contributed by atoms with van der Waals surface area (Å²) in [4.78, 5) is 32.1. The van der Waals surface area contributed by atoms with Gasteiger partial charge >= 0.3 is 5.97 Å². The molecule has 1 N–H and O–H groups in total. The second kappa shape index (κ2) is 6.45. The Morgan fingerprint density at radius 3 is 2.45 bits per heavy atom. The molecule has 0 heterocycles. The van der Waals surface area contributed by atoms with Crippen LogP contribution in [0.1, 0.15) is 12.8 Å². The smallest absolute Gasteiger partial charge is 0.303 e. The van der Waals surface area contributed by atoms with Gasteiger partial charge in [-0.05, 0) is 12.5 Å². The third-order valence-corrected chi connectivity index (χ3v) is 2.66. The minimum absolute atomic E-state index is 0.0505. The van der Waals surface area contributed by atoms with Crippen LogP contribution in [-0.4, -0.2) is 34.5 Å². The van der Waals surface area contributed by atoms with E-state index in [9.17, 15) is 25.0 Å². The fourth-order valence-corrected chi connectivity index (χ4v) is 1.68. The van der Waals surface area contributed by atoms with Crippen LogP contribution in [0.3, 0.4) is 0 Å². The van der Waals surface area contributed by atoms with E-state index in [1.807, 2.05) is 0 Å². The summed E-state index contributed by atoms with van der Waals surface area (Å²) in [6.45, 7) is 0.297. The summed E-state index contributed by atoms with van der Waals surface area (Å²) in [5.41, 5.74) is -0.526. The number of hydrogen-bond donors (Lipinski definition) is 1. The van der Waals surface area contributed by atoms with Gasteiger partial charge in [0.05, 0.1) is 15.9 Å². The number of rotatable bonds is 7. The maximum atomic E-state index is 10.9. The molecule has 1 aromatic carbocycles. The van der Waals surface area contributed by atoms with Crippen molar-refractivity contribution in [2.45, 2.75) is 12.8 Å². The first kappa shape index (κ1) is 15.3. The van der Waals surface area contributed by atoms with Crippen LogP contribution in [-0.2, 0) is 4.79 Å². The molecule has 20 heavy (non-hydrogen) atoms. The molecule has 0 saturated carbocycles. The molecule has 1 rings (SSSR count). The molecular formula is C11H13N3O6. The molecule has 0 aliphatic carbocycles. The van der Waals surface area contributed by atoms with Crippen molar-refractivity contribution >= 4 is 23.0 Å². The molecule has 0 aliphatic rings. The molecule has 0 spiro atoms. The second-order valence-corrected chi connectivity index (χ2v) is 4.11. The summed E-state index contributed by atoms with van der Waals surface area (Å²) >= 11 is 0. The number of hydrogen-bond acceptors (Lipinski definition) is 6. The number of nitro groups is 2. The molecular weight excluding hydrogens is 270 g/mol. The lowest BCUT2D eigenvalue weighted by atomic mass is 10.2. The number of non-ortho nitro benzene ring substituents is 1. The van der Waals surface area contributed by atoms with E-state index in [4.69, 9.17) is 5.11 Å². The fraction of sp³-hybridized carbons (Fsp3) is 0.364. The molecule has 9 nitrogen and oxygen atoms in total. The van der Waals surface area contributed by atoms with Crippen LogP contribution in [0.2, 0.25) is 0 Å². The molecule has 0 aromatic heterocycles. The first-order valence-corrected chi connectivity index (χ1v) is 5.68. The first-order chi connectivity index (χ1) is 9.32. The third-order valence-electron chi connectivity index (χ3n) is 2.66. The minimum Gasteiger partial charge on any atom is -0.481 e. The highest BCUT2D eigenvalue weighted by Gasteiger charge is 2.21. The molecule has 0 radical (unpaired) electrons. The lowest BCUT2D eigenvalue weighted by molar-refractivity contribution is -0.393. The number of nitrogens with zero attached hydrogens (tertiary/aromatic N) is 3. The van der Waals surface area contributed by atoms with E-state index in [1.54, 1.807) is 7.05 Å². The topological polar surface area (TPSA) is 127 Å². The molecule has 0 unspecified atom stereocenters. The maximum absolute atomic E-state index is 10.9. The first-order valence-electron chi connectivity index (χ1n) is 5.68. The Labute approximate surface area is 113 Å². The fourth-order valence-electron chi connectivity index (χ4n) is 1.68. The molecule has 9 heteroatoms. The van der Waals surface area contributed by atoms with Gasteiger partial charge in [-0.2, -0.15) is 0 Å². The van der Waals surface area contributed by atoms with Crippen molar-refractivity contribution in [1.29, 1.82) is 0 Å². The number of carbonyl (C=O) groups is 1. The van der Waals surface area contributed by atoms with E-state index in [2.05, 4.69) is 0 Å². The molecule has 0 amide bonds. The van der Waals surface area contributed by atoms with E-state index in [0.717, 1.165) is 6.07 Å². The monoisotopic (exact) mass is 283 g/mol. The number of benzene rings is 1. The molecule has 1 aromatic rings. The van der Waals surface area contributed by atoms with Crippen LogP contribution in [0.25, 0.3) is 0 Å². The van der Waals surface area contributed by atoms with E-state index >= 15 is 0 Å². The quantitative estimate of drug-likeness (QED) is 0.597. The average molecular weight is 283 g/mol. The van der Waals surface area contributed by atoms with Crippen molar-refractivity contribution in [3.63, 3.8) is 0 Å². The van der Waals surface area contributed by atoms with Crippen LogP contribution in [0.15, 0.2) is 18.2 Å². The Morgan fingerprint density at radius 1 is 1.30 bits per heavy atom. The van der Waals surface area contributed by atoms with Gasteiger partial charge in [-0.25, -0.2) is 0 Å². The third kappa shape index (κ3) is 3.90. The average Bonchev–Trinajstić information content (AvgIpc) is 2.37. The summed E-state index contributed by atoms with van der Waals surface area (Å²) < 4.78 is 0. The Bertz CT molecular complexity index is 545. The number of carboxylic acids is 1. The van der Waals surface area contributed by atoms with Crippen LogP contribution in [0.4, 0.5) is 17.1 Å². The Hall–Kier alpha value is -2.71. The highest BCUT2D eigenvalue weighted by atomic mass is 16.6. The Morgan fingerprint density at radius 2 is 1.95 bits per heavy atom. The number of carboxylic acid groups (broad SMARTS) is 1. The van der Waals surface area contributed by atoms with Gasteiger partial charge in [0, 0.05) is 26.1 Å². The van der Waals surface area contributed by atoms with Gasteiger partial charge in [0.1, 0.15) is 5.69 Å². The molecule has 0 saturated heterocycles. The molecule has 0 aliphatic heterocycles. The van der Waals surface area contributed by atoms with Crippen molar-refractivity contribution in [2.75, 3.05) is 18.5 Å². The molecule has 0 fully saturated rings. The summed E-state index contributed by atoms with van der Waals surface area (Å²) in [5.74, 6) is -0.948. The van der Waals surface area contributed by atoms with Gasteiger partial charge in [-0.1, -0.05) is 0 Å². The van der Waals surface area contributed by atoms with Gasteiger partial charge < -0.3 is 10.0 Å². The summed E-state index contributed by atoms with van der Waals surface area (Å²) in [6, 6.07) is 3.36. The summed E-state index contributed by atoms with van der Waals surface area (Å²) in [7, 11) is 1.57. The highest BCUT2D eigenvalue weighted by molar-refractivity contribution is 5.68. The molecule has 0 bridgehead atoms. The molecule has 0 atom stereocenters. The lowest BCUT2D eigenvalue weighted by Gasteiger charge is -2.18. The predicted molar refractivity (Wildman–Crippen MR) is 69.9 cm³/mol. The highest BCUT2D eigenvalue weighted by Crippen LogP contribution is 2.31. The van der Waals surface area contributed by atoms with Gasteiger partial charge in [-0.15, -0.1) is 0 Å². The zero-order chi connectivity index (χ0) is 15.3. The van der Waals surface area contributed by atoms with E-state index in [0.29, 0.717) is 13.0 Å². The number of aliphatic carboxylic acids is 1. The lowest BCUT2D eigenvalue weighted by Crippen LogP contribution is -2.20. The van der Waals surface area contributed by atoms with E-state index in [1.165, 1.54) is 17.0 Å². The zero-order valence-electron chi connectivity index (χ0n) is 10.7. The predicted octanol–water partition coefficient (Wildman–Crippen LogP) is 1.80. The van der Waals surface area contributed by atoms with Gasteiger partial charge in [-0.3, -0.25) is 25.0 Å². The Balaban J connectivity index is 2.95. The van der Waals surface area contributed by atoms with E-state index in [-0.39, 0.29) is 23.5 Å². The van der Waals surface area contributed by atoms with Crippen molar-refractivity contribution in [1.82, 2.24) is 0 Å². The van der Waals surface area contributed by atoms with Crippen molar-refractivity contribution < 1.29 is 19.7 Å². The van der Waals surface area contributed by atoms with Crippen LogP contribution < -0.4 is 4.90 Å².